The maximum Gasteiger partial charge on any atom is 0.338 e. The van der Waals surface area contributed by atoms with Crippen LogP contribution in [-0.2, 0) is 10.8 Å². The quantitative estimate of drug-likeness (QED) is 0.588. The van der Waals surface area contributed by atoms with Gasteiger partial charge in [0, 0.05) is 11.1 Å². The predicted molar refractivity (Wildman–Crippen MR) is 112 cm³/mol. The first-order chi connectivity index (χ1) is 13.3. The summed E-state index contributed by atoms with van der Waals surface area (Å²) in [5.74, 6) is -3.96. The maximum atomic E-state index is 14.8. The van der Waals surface area contributed by atoms with Crippen LogP contribution in [0.5, 0.6) is 5.75 Å². The highest BCUT2D eigenvalue weighted by atomic mass is 79.9. The normalized spacial score (nSPS) is 16.9. The number of aromatic carboxylic acids is 1. The van der Waals surface area contributed by atoms with Gasteiger partial charge in [-0.1, -0.05) is 33.8 Å². The van der Waals surface area contributed by atoms with Crippen molar-refractivity contribution in [3.63, 3.8) is 0 Å². The first kappa shape index (κ1) is 21.3. The van der Waals surface area contributed by atoms with Gasteiger partial charge in [-0.3, -0.25) is 4.79 Å². The third-order valence-corrected chi connectivity index (χ3v) is 6.70. The van der Waals surface area contributed by atoms with Gasteiger partial charge in [-0.15, -0.1) is 0 Å². The van der Waals surface area contributed by atoms with E-state index in [9.17, 15) is 19.1 Å². The Hall–Kier alpha value is -2.41. The zero-order valence-electron chi connectivity index (χ0n) is 16.7. The number of carbonyl (C=O) groups is 2. The van der Waals surface area contributed by atoms with Crippen molar-refractivity contribution in [1.82, 2.24) is 0 Å². The fourth-order valence-corrected chi connectivity index (χ4v) is 5.10. The van der Waals surface area contributed by atoms with E-state index in [-0.39, 0.29) is 27.7 Å². The summed E-state index contributed by atoms with van der Waals surface area (Å²) >= 11 is 3.51. The molecule has 29 heavy (non-hydrogen) atoms. The van der Waals surface area contributed by atoms with Crippen molar-refractivity contribution in [3.05, 3.63) is 50.7 Å². The zero-order valence-corrected chi connectivity index (χ0v) is 18.3. The molecule has 0 radical (unpaired) electrons. The summed E-state index contributed by atoms with van der Waals surface area (Å²) < 4.78 is 15.3. The van der Waals surface area contributed by atoms with Crippen molar-refractivity contribution in [1.29, 1.82) is 0 Å². The minimum Gasteiger partial charge on any atom is -0.506 e. The van der Waals surface area contributed by atoms with Crippen molar-refractivity contribution in [2.24, 2.45) is 5.73 Å². The Labute approximate surface area is 176 Å². The summed E-state index contributed by atoms with van der Waals surface area (Å²) in [6.07, 6.45) is 1.84. The minimum atomic E-state index is -1.50. The number of phenolic OH excluding ortho intramolecular Hbond substituents is 1. The van der Waals surface area contributed by atoms with E-state index in [2.05, 4.69) is 43.6 Å². The average Bonchev–Trinajstić information content (AvgIpc) is 2.60. The summed E-state index contributed by atoms with van der Waals surface area (Å²) in [5, 5.41) is 20.1. The highest BCUT2D eigenvalue weighted by Crippen LogP contribution is 2.53. The van der Waals surface area contributed by atoms with E-state index in [0.717, 1.165) is 30.0 Å². The molecule has 0 fully saturated rings. The number of fused-ring (bicyclic) bond motifs is 1. The first-order valence-corrected chi connectivity index (χ1v) is 10.0. The standard InChI is InChI=1S/C22H23BrFNO4/c1-21(2)7-8-22(3,4)15-13(21)9-12(18(26)16(15)23)10-5-6-11(20(28)29)17(24)14(10)19(25)27/h5-6,9,26H,7-8H2,1-4H3,(H2,25,27)(H,28,29). The molecule has 2 aromatic rings. The van der Waals surface area contributed by atoms with Crippen LogP contribution < -0.4 is 5.73 Å². The molecule has 0 heterocycles. The van der Waals surface area contributed by atoms with Crippen LogP contribution in [0.4, 0.5) is 4.39 Å². The molecule has 0 atom stereocenters. The Morgan fingerprint density at radius 1 is 1.10 bits per heavy atom. The number of aromatic hydroxyl groups is 1. The van der Waals surface area contributed by atoms with Crippen molar-refractivity contribution < 1.29 is 24.2 Å². The number of hydrogen-bond acceptors (Lipinski definition) is 3. The van der Waals surface area contributed by atoms with E-state index in [0.29, 0.717) is 4.47 Å². The van der Waals surface area contributed by atoms with Crippen LogP contribution in [0.1, 0.15) is 72.4 Å². The van der Waals surface area contributed by atoms with Gasteiger partial charge < -0.3 is 15.9 Å². The van der Waals surface area contributed by atoms with Gasteiger partial charge in [0.1, 0.15) is 5.75 Å². The van der Waals surface area contributed by atoms with Gasteiger partial charge in [0.2, 0.25) is 0 Å². The third kappa shape index (κ3) is 3.31. The van der Waals surface area contributed by atoms with Gasteiger partial charge in [0.25, 0.3) is 5.91 Å². The summed E-state index contributed by atoms with van der Waals surface area (Å²) in [5.41, 5.74) is 6.01. The molecule has 0 saturated heterocycles. The van der Waals surface area contributed by atoms with Crippen LogP contribution >= 0.6 is 15.9 Å². The zero-order chi connectivity index (χ0) is 21.9. The fraction of sp³-hybridized carbons (Fsp3) is 0.364. The summed E-state index contributed by atoms with van der Waals surface area (Å²) in [6, 6.07) is 4.14. The van der Waals surface area contributed by atoms with Gasteiger partial charge >= 0.3 is 5.97 Å². The molecule has 1 aliphatic carbocycles. The van der Waals surface area contributed by atoms with E-state index in [1.807, 2.05) is 0 Å². The summed E-state index contributed by atoms with van der Waals surface area (Å²) in [6.45, 7) is 8.39. The number of carboxylic acid groups (broad SMARTS) is 1. The summed E-state index contributed by atoms with van der Waals surface area (Å²) in [7, 11) is 0. The monoisotopic (exact) mass is 463 g/mol. The number of primary amides is 1. The molecule has 3 rings (SSSR count). The van der Waals surface area contributed by atoms with Crippen LogP contribution in [0.15, 0.2) is 22.7 Å². The molecule has 1 amide bonds. The van der Waals surface area contributed by atoms with E-state index < -0.39 is 28.8 Å². The molecule has 0 aromatic heterocycles. The second kappa shape index (κ2) is 6.83. The van der Waals surface area contributed by atoms with E-state index in [4.69, 9.17) is 10.8 Å². The molecule has 0 bridgehead atoms. The van der Waals surface area contributed by atoms with Gasteiger partial charge in [0.05, 0.1) is 15.6 Å². The Morgan fingerprint density at radius 3 is 2.24 bits per heavy atom. The van der Waals surface area contributed by atoms with Crippen molar-refractivity contribution in [2.75, 3.05) is 0 Å². The van der Waals surface area contributed by atoms with Gasteiger partial charge in [-0.2, -0.15) is 0 Å². The Morgan fingerprint density at radius 2 is 1.69 bits per heavy atom. The minimum absolute atomic E-state index is 0.0557. The number of phenols is 1. The molecule has 4 N–H and O–H groups in total. The molecule has 2 aromatic carbocycles. The second-order valence-corrected chi connectivity index (χ2v) is 9.59. The number of carbonyl (C=O) groups excluding carboxylic acids is 1. The lowest BCUT2D eigenvalue weighted by Gasteiger charge is -2.43. The molecular weight excluding hydrogens is 441 g/mol. The van der Waals surface area contributed by atoms with Crippen LogP contribution in [0.3, 0.4) is 0 Å². The van der Waals surface area contributed by atoms with Crippen LogP contribution in [0, 0.1) is 5.82 Å². The third-order valence-electron chi connectivity index (χ3n) is 5.93. The predicted octanol–water partition coefficient (Wildman–Crippen LogP) is 5.11. The van der Waals surface area contributed by atoms with E-state index in [1.54, 1.807) is 6.07 Å². The fourth-order valence-electron chi connectivity index (χ4n) is 4.13. The maximum absolute atomic E-state index is 14.8. The molecular formula is C22H23BrFNO4. The first-order valence-electron chi connectivity index (χ1n) is 9.22. The molecule has 0 unspecified atom stereocenters. The van der Waals surface area contributed by atoms with Crippen molar-refractivity contribution in [2.45, 2.75) is 51.4 Å². The Balaban J connectivity index is 2.41. The molecule has 7 heteroatoms. The number of hydrogen-bond donors (Lipinski definition) is 3. The van der Waals surface area contributed by atoms with Crippen molar-refractivity contribution >= 4 is 27.8 Å². The number of carboxylic acids is 1. The molecule has 1 aliphatic rings. The lowest BCUT2D eigenvalue weighted by Crippen LogP contribution is -2.34. The Kier molecular flexibility index (Phi) is 5.02. The van der Waals surface area contributed by atoms with Gasteiger partial charge in [-0.05, 0) is 62.9 Å². The topological polar surface area (TPSA) is 101 Å². The molecule has 5 nitrogen and oxygen atoms in total. The van der Waals surface area contributed by atoms with Gasteiger partial charge in [-0.25, -0.2) is 9.18 Å². The van der Waals surface area contributed by atoms with Crippen molar-refractivity contribution in [3.8, 4) is 16.9 Å². The largest absolute Gasteiger partial charge is 0.506 e. The molecule has 0 aliphatic heterocycles. The highest BCUT2D eigenvalue weighted by Gasteiger charge is 2.40. The van der Waals surface area contributed by atoms with E-state index in [1.165, 1.54) is 6.07 Å². The second-order valence-electron chi connectivity index (χ2n) is 8.80. The number of nitrogens with two attached hydrogens (primary N) is 1. The lowest BCUT2D eigenvalue weighted by molar-refractivity contribution is 0.0692. The smallest absolute Gasteiger partial charge is 0.338 e. The number of amides is 1. The molecule has 0 spiro atoms. The number of benzene rings is 2. The summed E-state index contributed by atoms with van der Waals surface area (Å²) in [4.78, 5) is 23.3. The number of rotatable bonds is 3. The Bertz CT molecular complexity index is 1060. The molecule has 154 valence electrons. The van der Waals surface area contributed by atoms with Crippen LogP contribution in [-0.4, -0.2) is 22.1 Å². The van der Waals surface area contributed by atoms with Crippen LogP contribution in [0.2, 0.25) is 0 Å². The SMILES string of the molecule is CC1(C)CCC(C)(C)c2c1cc(-c1ccc(C(=O)O)c(F)c1C(N)=O)c(O)c2Br. The molecule has 0 saturated carbocycles. The van der Waals surface area contributed by atoms with Gasteiger partial charge in [0.15, 0.2) is 5.82 Å². The van der Waals surface area contributed by atoms with E-state index >= 15 is 0 Å². The lowest BCUT2D eigenvalue weighted by atomic mass is 9.62. The van der Waals surface area contributed by atoms with Crippen LogP contribution in [0.25, 0.3) is 11.1 Å². The average molecular weight is 464 g/mol. The highest BCUT2D eigenvalue weighted by molar-refractivity contribution is 9.10. The number of halogens is 2.